The fraction of sp³-hybridized carbons (Fsp3) is 0.351. The molecule has 1 N–H and O–H groups in total. The van der Waals surface area contributed by atoms with E-state index in [0.29, 0.717) is 25.7 Å². The Balaban J connectivity index is 1.54. The van der Waals surface area contributed by atoms with E-state index in [2.05, 4.69) is 113 Å². The highest BCUT2D eigenvalue weighted by molar-refractivity contribution is 6.99. The van der Waals surface area contributed by atoms with Gasteiger partial charge in [0.05, 0.1) is 33.5 Å². The molecule has 0 unspecified atom stereocenters. The van der Waals surface area contributed by atoms with Crippen molar-refractivity contribution >= 4 is 18.7 Å². The largest absolute Gasteiger partial charge is 0.497 e. The van der Waals surface area contributed by atoms with Crippen LogP contribution in [0.15, 0.2) is 121 Å². The molecule has 1 atom stereocenters. The van der Waals surface area contributed by atoms with Crippen LogP contribution in [-0.2, 0) is 15.8 Å². The van der Waals surface area contributed by atoms with Gasteiger partial charge in [0.25, 0.3) is 8.32 Å². The van der Waals surface area contributed by atoms with Gasteiger partial charge in [-0.3, -0.25) is 0 Å². The van der Waals surface area contributed by atoms with E-state index < -0.39 is 8.32 Å². The number of rotatable bonds is 16. The Kier molecular flexibility index (Phi) is 13.5. The van der Waals surface area contributed by atoms with Crippen molar-refractivity contribution in [2.24, 2.45) is 5.92 Å². The van der Waals surface area contributed by atoms with Crippen LogP contribution < -0.4 is 15.1 Å². The second-order valence-electron chi connectivity index (χ2n) is 11.6. The minimum absolute atomic E-state index is 0.0199. The molecule has 5 heteroatoms. The maximum atomic E-state index is 9.49. The predicted molar refractivity (Wildman–Crippen MR) is 178 cm³/mol. The molecule has 0 amide bonds. The van der Waals surface area contributed by atoms with Gasteiger partial charge in [-0.1, -0.05) is 131 Å². The lowest BCUT2D eigenvalue weighted by molar-refractivity contribution is 0.124. The second-order valence-corrected chi connectivity index (χ2v) is 15.9. The number of hydrogen-bond donors (Lipinski definition) is 1. The van der Waals surface area contributed by atoms with Crippen molar-refractivity contribution in [1.82, 2.24) is 0 Å². The monoisotopic (exact) mass is 584 g/mol. The number of allylic oxidation sites excluding steroid dienone is 3. The third-order valence-electron chi connectivity index (χ3n) is 7.44. The highest BCUT2D eigenvalue weighted by Gasteiger charge is 2.49. The first kappa shape index (κ1) is 33.3. The van der Waals surface area contributed by atoms with E-state index in [9.17, 15) is 5.11 Å². The van der Waals surface area contributed by atoms with Crippen LogP contribution in [0.5, 0.6) is 5.75 Å². The van der Waals surface area contributed by atoms with E-state index in [4.69, 9.17) is 13.9 Å². The molecule has 0 saturated heterocycles. The fourth-order valence-corrected chi connectivity index (χ4v) is 9.65. The molecule has 224 valence electrons. The lowest BCUT2D eigenvalue weighted by Crippen LogP contribution is -2.66. The van der Waals surface area contributed by atoms with E-state index in [-0.39, 0.29) is 11.6 Å². The topological polar surface area (TPSA) is 47.9 Å². The number of ether oxygens (including phenoxy) is 2. The number of hydrogen-bond acceptors (Lipinski definition) is 4. The van der Waals surface area contributed by atoms with Gasteiger partial charge >= 0.3 is 0 Å². The molecule has 3 aromatic rings. The molecule has 0 aliphatic rings. The first-order valence-electron chi connectivity index (χ1n) is 14.9. The lowest BCUT2D eigenvalue weighted by atomic mass is 10.0. The minimum atomic E-state index is -2.52. The van der Waals surface area contributed by atoms with E-state index in [1.54, 1.807) is 7.11 Å². The van der Waals surface area contributed by atoms with Gasteiger partial charge in [0.2, 0.25) is 0 Å². The molecule has 42 heavy (non-hydrogen) atoms. The summed E-state index contributed by atoms with van der Waals surface area (Å²) in [7, 11) is -0.858. The quantitative estimate of drug-likeness (QED) is 0.0835. The zero-order valence-corrected chi connectivity index (χ0v) is 27.0. The fourth-order valence-electron chi connectivity index (χ4n) is 5.15. The summed E-state index contributed by atoms with van der Waals surface area (Å²) in [4.78, 5) is 0. The SMILES string of the molecule is COc1ccc(COCCC(/C=C/[C@@H](C)C/C=C/CO[Si](c2ccccc2)(c2ccccc2)C(C)(C)C)=C\CO)cc1. The van der Waals surface area contributed by atoms with Crippen molar-refractivity contribution in [2.75, 3.05) is 26.9 Å². The summed E-state index contributed by atoms with van der Waals surface area (Å²) in [5, 5.41) is 12.0. The van der Waals surface area contributed by atoms with Gasteiger partial charge in [-0.05, 0) is 57.4 Å². The predicted octanol–water partition coefficient (Wildman–Crippen LogP) is 7.24. The van der Waals surface area contributed by atoms with Gasteiger partial charge in [0.1, 0.15) is 5.75 Å². The van der Waals surface area contributed by atoms with Gasteiger partial charge in [-0.2, -0.15) is 0 Å². The van der Waals surface area contributed by atoms with E-state index in [1.165, 1.54) is 10.4 Å². The second kappa shape index (κ2) is 17.0. The summed E-state index contributed by atoms with van der Waals surface area (Å²) in [6, 6.07) is 29.4. The van der Waals surface area contributed by atoms with Crippen LogP contribution in [0, 0.1) is 5.92 Å². The first-order chi connectivity index (χ1) is 20.3. The van der Waals surface area contributed by atoms with Crippen molar-refractivity contribution in [3.05, 3.63) is 126 Å². The number of aliphatic hydroxyl groups is 1. The van der Waals surface area contributed by atoms with Crippen LogP contribution in [-0.4, -0.2) is 40.4 Å². The Hall–Kier alpha value is -3.22. The van der Waals surface area contributed by atoms with Gasteiger partial charge in [0, 0.05) is 0 Å². The summed E-state index contributed by atoms with van der Waals surface area (Å²) in [6.07, 6.45) is 12.2. The number of methoxy groups -OCH3 is 1. The molecule has 3 rings (SSSR count). The standard InChI is InChI=1S/C37H48O4Si/c1-31(19-20-32(25-27-38)26-29-40-30-33-21-23-34(39-5)24-22-33)14-12-13-28-41-42(37(2,3)4,35-15-8-6-9-16-35)36-17-10-7-11-18-36/h6-13,15-25,31,38H,14,26-30H2,1-5H3/b13-12+,20-19+,32-25-/t31-/m0/s1. The zero-order chi connectivity index (χ0) is 30.3. The van der Waals surface area contributed by atoms with Crippen molar-refractivity contribution in [1.29, 1.82) is 0 Å². The third kappa shape index (κ3) is 9.67. The van der Waals surface area contributed by atoms with Gasteiger partial charge in [0.15, 0.2) is 0 Å². The Morgan fingerprint density at radius 2 is 1.50 bits per heavy atom. The molecule has 0 radical (unpaired) electrons. The number of aliphatic hydroxyl groups excluding tert-OH is 1. The van der Waals surface area contributed by atoms with E-state index >= 15 is 0 Å². The summed E-state index contributed by atoms with van der Waals surface area (Å²) in [5.74, 6) is 1.20. The minimum Gasteiger partial charge on any atom is -0.497 e. The Morgan fingerprint density at radius 1 is 0.881 bits per heavy atom. The Morgan fingerprint density at radius 3 is 2.05 bits per heavy atom. The van der Waals surface area contributed by atoms with Crippen LogP contribution in [0.4, 0.5) is 0 Å². The third-order valence-corrected chi connectivity index (χ3v) is 12.4. The van der Waals surface area contributed by atoms with Crippen LogP contribution in [0.1, 0.15) is 46.1 Å². The Labute approximate surface area is 254 Å². The molecular weight excluding hydrogens is 536 g/mol. The highest BCUT2D eigenvalue weighted by atomic mass is 28.4. The molecule has 0 fully saturated rings. The maximum absolute atomic E-state index is 9.49. The normalized spacial score (nSPS) is 13.6. The van der Waals surface area contributed by atoms with Gasteiger partial charge < -0.3 is 19.0 Å². The van der Waals surface area contributed by atoms with Gasteiger partial charge in [-0.15, -0.1) is 0 Å². The van der Waals surface area contributed by atoms with Crippen molar-refractivity contribution in [3.63, 3.8) is 0 Å². The van der Waals surface area contributed by atoms with Gasteiger partial charge in [-0.25, -0.2) is 0 Å². The molecule has 0 aliphatic heterocycles. The van der Waals surface area contributed by atoms with Crippen molar-refractivity contribution in [2.45, 2.75) is 52.2 Å². The summed E-state index contributed by atoms with van der Waals surface area (Å²) in [6.45, 7) is 10.9. The molecule has 4 nitrogen and oxygen atoms in total. The molecule has 0 bridgehead atoms. The number of benzene rings is 3. The molecular formula is C37H48O4Si. The summed E-state index contributed by atoms with van der Waals surface area (Å²) < 4.78 is 18.0. The summed E-state index contributed by atoms with van der Waals surface area (Å²) >= 11 is 0. The first-order valence-corrected chi connectivity index (χ1v) is 16.8. The molecule has 0 aliphatic carbocycles. The molecule has 0 aromatic heterocycles. The molecule has 0 heterocycles. The van der Waals surface area contributed by atoms with Crippen molar-refractivity contribution in [3.8, 4) is 5.75 Å². The average Bonchev–Trinajstić information content (AvgIpc) is 3.00. The average molecular weight is 585 g/mol. The van der Waals surface area contributed by atoms with E-state index in [0.717, 1.165) is 29.7 Å². The molecule has 3 aromatic carbocycles. The molecule has 0 spiro atoms. The summed E-state index contributed by atoms with van der Waals surface area (Å²) in [5.41, 5.74) is 2.19. The Bertz CT molecular complexity index is 1220. The maximum Gasteiger partial charge on any atom is 0.261 e. The van der Waals surface area contributed by atoms with E-state index in [1.807, 2.05) is 30.3 Å². The smallest absolute Gasteiger partial charge is 0.261 e. The van der Waals surface area contributed by atoms with Crippen LogP contribution in [0.2, 0.25) is 5.04 Å². The van der Waals surface area contributed by atoms with Crippen molar-refractivity contribution < 1.29 is 19.0 Å². The van der Waals surface area contributed by atoms with Crippen LogP contribution >= 0.6 is 0 Å². The highest BCUT2D eigenvalue weighted by Crippen LogP contribution is 2.36. The molecule has 0 saturated carbocycles. The van der Waals surface area contributed by atoms with Crippen LogP contribution in [0.25, 0.3) is 0 Å². The lowest BCUT2D eigenvalue weighted by Gasteiger charge is -2.42. The van der Waals surface area contributed by atoms with Crippen LogP contribution in [0.3, 0.4) is 0 Å². The zero-order valence-electron chi connectivity index (χ0n) is 26.0.